The SMILES string of the molecule is CC(C)CC(=O)Nc1cc(-c2ccncc2)c[nH]c1=O. The van der Waals surface area contributed by atoms with E-state index in [9.17, 15) is 9.59 Å². The number of aromatic amines is 1. The third-order valence-corrected chi connectivity index (χ3v) is 2.78. The molecule has 0 aliphatic heterocycles. The van der Waals surface area contributed by atoms with Gasteiger partial charge in [0.2, 0.25) is 5.91 Å². The van der Waals surface area contributed by atoms with Gasteiger partial charge >= 0.3 is 0 Å². The fourth-order valence-corrected chi connectivity index (χ4v) is 1.86. The minimum atomic E-state index is -0.306. The number of nitrogens with zero attached hydrogens (tertiary/aromatic N) is 1. The molecule has 0 fully saturated rings. The van der Waals surface area contributed by atoms with Crippen LogP contribution in [-0.4, -0.2) is 15.9 Å². The maximum Gasteiger partial charge on any atom is 0.271 e. The van der Waals surface area contributed by atoms with Crippen LogP contribution in [0.15, 0.2) is 41.6 Å². The molecule has 5 heteroatoms. The molecule has 0 saturated heterocycles. The van der Waals surface area contributed by atoms with Crippen LogP contribution in [0.3, 0.4) is 0 Å². The van der Waals surface area contributed by atoms with Gasteiger partial charge in [0.05, 0.1) is 0 Å². The third kappa shape index (κ3) is 3.54. The second-order valence-electron chi connectivity index (χ2n) is 5.01. The van der Waals surface area contributed by atoms with E-state index in [0.717, 1.165) is 11.1 Å². The Kier molecular flexibility index (Phi) is 4.30. The van der Waals surface area contributed by atoms with Crippen LogP contribution in [0.2, 0.25) is 0 Å². The van der Waals surface area contributed by atoms with E-state index >= 15 is 0 Å². The van der Waals surface area contributed by atoms with Crippen molar-refractivity contribution in [3.63, 3.8) is 0 Å². The number of hydrogen-bond acceptors (Lipinski definition) is 3. The lowest BCUT2D eigenvalue weighted by atomic mass is 10.1. The monoisotopic (exact) mass is 271 g/mol. The molecule has 5 nitrogen and oxygen atoms in total. The number of carbonyl (C=O) groups is 1. The lowest BCUT2D eigenvalue weighted by Gasteiger charge is -2.08. The quantitative estimate of drug-likeness (QED) is 0.896. The zero-order valence-electron chi connectivity index (χ0n) is 11.5. The first kappa shape index (κ1) is 14.0. The third-order valence-electron chi connectivity index (χ3n) is 2.78. The van der Waals surface area contributed by atoms with Gasteiger partial charge in [-0.1, -0.05) is 13.8 Å². The summed E-state index contributed by atoms with van der Waals surface area (Å²) in [6, 6.07) is 5.35. The van der Waals surface area contributed by atoms with E-state index in [1.807, 2.05) is 26.0 Å². The summed E-state index contributed by atoms with van der Waals surface area (Å²) >= 11 is 0. The van der Waals surface area contributed by atoms with Gasteiger partial charge in [0.25, 0.3) is 5.56 Å². The molecule has 0 aliphatic rings. The van der Waals surface area contributed by atoms with Crippen molar-refractivity contribution >= 4 is 11.6 Å². The van der Waals surface area contributed by atoms with Gasteiger partial charge in [-0.2, -0.15) is 0 Å². The minimum Gasteiger partial charge on any atom is -0.327 e. The van der Waals surface area contributed by atoms with Gasteiger partial charge < -0.3 is 10.3 Å². The number of hydrogen-bond donors (Lipinski definition) is 2. The summed E-state index contributed by atoms with van der Waals surface area (Å²) in [7, 11) is 0. The summed E-state index contributed by atoms with van der Waals surface area (Å²) in [5.74, 6) is 0.0924. The van der Waals surface area contributed by atoms with E-state index in [2.05, 4.69) is 15.3 Å². The highest BCUT2D eigenvalue weighted by molar-refractivity contribution is 5.91. The predicted molar refractivity (Wildman–Crippen MR) is 78.4 cm³/mol. The van der Waals surface area contributed by atoms with Crippen molar-refractivity contribution < 1.29 is 4.79 Å². The average molecular weight is 271 g/mol. The summed E-state index contributed by atoms with van der Waals surface area (Å²) in [6.45, 7) is 3.91. The molecular weight excluding hydrogens is 254 g/mol. The van der Waals surface area contributed by atoms with E-state index in [0.29, 0.717) is 6.42 Å². The molecular formula is C15H17N3O2. The molecule has 0 saturated carbocycles. The summed E-state index contributed by atoms with van der Waals surface area (Å²) in [5, 5.41) is 2.65. The fourth-order valence-electron chi connectivity index (χ4n) is 1.86. The fraction of sp³-hybridized carbons (Fsp3) is 0.267. The Morgan fingerprint density at radius 3 is 2.65 bits per heavy atom. The number of rotatable bonds is 4. The number of aromatic nitrogens is 2. The maximum absolute atomic E-state index is 11.7. The van der Waals surface area contributed by atoms with Crippen LogP contribution in [0, 0.1) is 5.92 Å². The van der Waals surface area contributed by atoms with Crippen LogP contribution in [0.1, 0.15) is 20.3 Å². The van der Waals surface area contributed by atoms with Crippen LogP contribution in [0.5, 0.6) is 0 Å². The molecule has 20 heavy (non-hydrogen) atoms. The summed E-state index contributed by atoms with van der Waals surface area (Å²) < 4.78 is 0. The average Bonchev–Trinajstić information content (AvgIpc) is 2.41. The van der Waals surface area contributed by atoms with Gasteiger partial charge in [-0.25, -0.2) is 0 Å². The van der Waals surface area contributed by atoms with Gasteiger partial charge in [0.15, 0.2) is 0 Å². The zero-order valence-corrected chi connectivity index (χ0v) is 11.5. The number of pyridine rings is 2. The number of nitrogens with one attached hydrogen (secondary N) is 2. The van der Waals surface area contributed by atoms with Gasteiger partial charge in [0.1, 0.15) is 5.69 Å². The number of carbonyl (C=O) groups excluding carboxylic acids is 1. The van der Waals surface area contributed by atoms with Crippen LogP contribution in [-0.2, 0) is 4.79 Å². The topological polar surface area (TPSA) is 74.8 Å². The first-order valence-electron chi connectivity index (χ1n) is 6.49. The van der Waals surface area contributed by atoms with Crippen molar-refractivity contribution in [2.45, 2.75) is 20.3 Å². The highest BCUT2D eigenvalue weighted by atomic mass is 16.2. The second-order valence-corrected chi connectivity index (χ2v) is 5.01. The number of amides is 1. The van der Waals surface area contributed by atoms with E-state index in [1.54, 1.807) is 24.7 Å². The van der Waals surface area contributed by atoms with Crippen LogP contribution in [0.4, 0.5) is 5.69 Å². The summed E-state index contributed by atoms with van der Waals surface area (Å²) in [4.78, 5) is 30.1. The molecule has 0 spiro atoms. The summed E-state index contributed by atoms with van der Waals surface area (Å²) in [6.07, 6.45) is 5.36. The van der Waals surface area contributed by atoms with Crippen molar-refractivity contribution in [2.24, 2.45) is 5.92 Å². The Labute approximate surface area is 117 Å². The zero-order chi connectivity index (χ0) is 14.5. The highest BCUT2D eigenvalue weighted by Gasteiger charge is 2.09. The largest absolute Gasteiger partial charge is 0.327 e. The molecule has 2 N–H and O–H groups in total. The Balaban J connectivity index is 2.26. The number of anilines is 1. The molecule has 0 unspecified atom stereocenters. The van der Waals surface area contributed by atoms with E-state index < -0.39 is 0 Å². The predicted octanol–water partition coefficient (Wildman–Crippen LogP) is 2.42. The van der Waals surface area contributed by atoms with Crippen LogP contribution >= 0.6 is 0 Å². The van der Waals surface area contributed by atoms with Crippen LogP contribution in [0.25, 0.3) is 11.1 Å². The van der Waals surface area contributed by atoms with Crippen molar-refractivity contribution in [1.82, 2.24) is 9.97 Å². The Morgan fingerprint density at radius 2 is 2.00 bits per heavy atom. The smallest absolute Gasteiger partial charge is 0.271 e. The van der Waals surface area contributed by atoms with Gasteiger partial charge in [-0.05, 0) is 29.7 Å². The first-order chi connectivity index (χ1) is 9.56. The molecule has 2 aromatic heterocycles. The van der Waals surface area contributed by atoms with Crippen molar-refractivity contribution in [2.75, 3.05) is 5.32 Å². The molecule has 1 amide bonds. The van der Waals surface area contributed by atoms with Crippen molar-refractivity contribution in [3.8, 4) is 11.1 Å². The number of H-pyrrole nitrogens is 1. The molecule has 0 aromatic carbocycles. The molecule has 0 bridgehead atoms. The normalized spacial score (nSPS) is 10.6. The second kappa shape index (κ2) is 6.14. The standard InChI is InChI=1S/C15H17N3O2/c1-10(2)7-14(19)18-13-8-12(9-17-15(13)20)11-3-5-16-6-4-11/h3-6,8-10H,7H2,1-2H3,(H,17,20)(H,18,19). The molecule has 0 aliphatic carbocycles. The Morgan fingerprint density at radius 1 is 1.30 bits per heavy atom. The van der Waals surface area contributed by atoms with Gasteiger partial charge in [0, 0.05) is 30.6 Å². The molecule has 0 radical (unpaired) electrons. The molecule has 2 rings (SSSR count). The van der Waals surface area contributed by atoms with Crippen LogP contribution < -0.4 is 10.9 Å². The van der Waals surface area contributed by atoms with E-state index in [4.69, 9.17) is 0 Å². The lowest BCUT2D eigenvalue weighted by Crippen LogP contribution is -2.20. The molecule has 0 atom stereocenters. The summed E-state index contributed by atoms with van der Waals surface area (Å²) in [5.41, 5.74) is 1.72. The van der Waals surface area contributed by atoms with Gasteiger partial charge in [-0.15, -0.1) is 0 Å². The Hall–Kier alpha value is -2.43. The Bertz CT molecular complexity index is 648. The molecule has 2 heterocycles. The van der Waals surface area contributed by atoms with E-state index in [-0.39, 0.29) is 23.1 Å². The lowest BCUT2D eigenvalue weighted by molar-refractivity contribution is -0.116. The molecule has 2 aromatic rings. The highest BCUT2D eigenvalue weighted by Crippen LogP contribution is 2.18. The van der Waals surface area contributed by atoms with Crippen molar-refractivity contribution in [1.29, 1.82) is 0 Å². The van der Waals surface area contributed by atoms with E-state index in [1.165, 1.54) is 0 Å². The van der Waals surface area contributed by atoms with Gasteiger partial charge in [-0.3, -0.25) is 14.6 Å². The maximum atomic E-state index is 11.7. The minimum absolute atomic E-state index is 0.155. The molecule has 104 valence electrons. The van der Waals surface area contributed by atoms with Crippen molar-refractivity contribution in [3.05, 3.63) is 47.1 Å². The first-order valence-corrected chi connectivity index (χ1v) is 6.49.